The van der Waals surface area contributed by atoms with Gasteiger partial charge in [0.2, 0.25) is 0 Å². The number of benzene rings is 1. The monoisotopic (exact) mass is 399 g/mol. The molecule has 1 aromatic carbocycles. The van der Waals surface area contributed by atoms with E-state index >= 15 is 0 Å². The van der Waals surface area contributed by atoms with Gasteiger partial charge in [0.05, 0.1) is 19.5 Å². The van der Waals surface area contributed by atoms with Crippen LogP contribution in [0.3, 0.4) is 0 Å². The van der Waals surface area contributed by atoms with Crippen molar-refractivity contribution in [2.45, 2.75) is 11.1 Å². The maximum absolute atomic E-state index is 12.2. The van der Waals surface area contributed by atoms with Gasteiger partial charge in [-0.15, -0.1) is 11.3 Å². The van der Waals surface area contributed by atoms with Crippen LogP contribution in [0.5, 0.6) is 0 Å². The molecule has 0 aliphatic heterocycles. The lowest BCUT2D eigenvalue weighted by atomic mass is 10.2. The van der Waals surface area contributed by atoms with E-state index in [1.54, 1.807) is 18.2 Å². The maximum Gasteiger partial charge on any atom is 0.271 e. The molecule has 1 heterocycles. The van der Waals surface area contributed by atoms with Gasteiger partial charge in [0.15, 0.2) is 0 Å². The summed E-state index contributed by atoms with van der Waals surface area (Å²) >= 11 is 16.0. The van der Waals surface area contributed by atoms with Crippen LogP contribution in [0.1, 0.15) is 5.56 Å². The molecule has 19 heavy (non-hydrogen) atoms. The van der Waals surface area contributed by atoms with Crippen LogP contribution in [0, 0.1) is 6.92 Å². The zero-order valence-corrected chi connectivity index (χ0v) is 14.3. The molecule has 0 atom stereocenters. The first-order valence-electron chi connectivity index (χ1n) is 5.03. The Kier molecular flexibility index (Phi) is 4.47. The van der Waals surface area contributed by atoms with Crippen LogP contribution in [-0.2, 0) is 10.0 Å². The highest BCUT2D eigenvalue weighted by Crippen LogP contribution is 2.36. The summed E-state index contributed by atoms with van der Waals surface area (Å²) in [5.74, 6) is 0. The summed E-state index contributed by atoms with van der Waals surface area (Å²) in [6.45, 7) is 1.85. The highest BCUT2D eigenvalue weighted by Gasteiger charge is 2.20. The zero-order chi connectivity index (χ0) is 14.2. The van der Waals surface area contributed by atoms with Crippen LogP contribution >= 0.6 is 50.5 Å². The molecule has 0 saturated heterocycles. The minimum atomic E-state index is -3.68. The lowest BCUT2D eigenvalue weighted by molar-refractivity contribution is 0.603. The van der Waals surface area contributed by atoms with E-state index in [0.29, 0.717) is 19.5 Å². The minimum absolute atomic E-state index is 0.127. The summed E-state index contributed by atoms with van der Waals surface area (Å²) in [6, 6.07) is 6.51. The summed E-state index contributed by atoms with van der Waals surface area (Å²) in [5, 5.41) is 0.705. The average Bonchev–Trinajstić information content (AvgIpc) is 2.65. The van der Waals surface area contributed by atoms with Gasteiger partial charge in [0.1, 0.15) is 4.21 Å². The molecule has 0 bridgehead atoms. The number of hydrogen-bond donors (Lipinski definition) is 1. The van der Waals surface area contributed by atoms with Gasteiger partial charge in [-0.2, -0.15) is 0 Å². The molecular formula is C11H8BrCl2NO2S2. The van der Waals surface area contributed by atoms with Crippen LogP contribution < -0.4 is 4.72 Å². The molecule has 2 aromatic rings. The van der Waals surface area contributed by atoms with Crippen LogP contribution in [0.2, 0.25) is 10.0 Å². The summed E-state index contributed by atoms with van der Waals surface area (Å²) in [6.07, 6.45) is 0. The number of anilines is 1. The molecule has 0 aliphatic rings. The second-order valence-corrected chi connectivity index (χ2v) is 8.87. The van der Waals surface area contributed by atoms with Crippen LogP contribution in [-0.4, -0.2) is 8.42 Å². The molecule has 1 aromatic heterocycles. The fourth-order valence-corrected chi connectivity index (χ4v) is 5.06. The summed E-state index contributed by atoms with van der Waals surface area (Å²) in [4.78, 5) is 0. The van der Waals surface area contributed by atoms with E-state index in [4.69, 9.17) is 23.2 Å². The minimum Gasteiger partial charge on any atom is -0.277 e. The lowest BCUT2D eigenvalue weighted by Gasteiger charge is -2.08. The number of sulfonamides is 1. The van der Waals surface area contributed by atoms with E-state index < -0.39 is 10.0 Å². The third-order valence-corrected chi connectivity index (χ3v) is 6.90. The van der Waals surface area contributed by atoms with E-state index in [9.17, 15) is 8.42 Å². The van der Waals surface area contributed by atoms with Crippen molar-refractivity contribution >= 4 is 66.2 Å². The fourth-order valence-electron chi connectivity index (χ4n) is 1.37. The predicted octanol–water partition coefficient (Wildman–Crippen LogP) is 4.93. The Morgan fingerprint density at radius 2 is 1.89 bits per heavy atom. The van der Waals surface area contributed by atoms with Crippen molar-refractivity contribution in [1.29, 1.82) is 0 Å². The first-order chi connectivity index (χ1) is 8.79. The Hall–Kier alpha value is -0.270. The molecule has 0 saturated carbocycles. The highest BCUT2D eigenvalue weighted by atomic mass is 79.9. The van der Waals surface area contributed by atoms with Crippen LogP contribution in [0.15, 0.2) is 32.3 Å². The van der Waals surface area contributed by atoms with Crippen molar-refractivity contribution < 1.29 is 8.42 Å². The SMILES string of the molecule is Cc1ccc(Cl)c(NS(=O)(=O)c2cc(Cl)c(Br)s2)c1. The quantitative estimate of drug-likeness (QED) is 0.793. The van der Waals surface area contributed by atoms with Gasteiger partial charge in [0.25, 0.3) is 10.0 Å². The molecule has 0 amide bonds. The zero-order valence-electron chi connectivity index (χ0n) is 9.58. The Morgan fingerprint density at radius 3 is 2.47 bits per heavy atom. The van der Waals surface area contributed by atoms with Crippen molar-refractivity contribution in [1.82, 2.24) is 0 Å². The average molecular weight is 401 g/mol. The maximum atomic E-state index is 12.2. The van der Waals surface area contributed by atoms with E-state index in [0.717, 1.165) is 16.9 Å². The van der Waals surface area contributed by atoms with Gasteiger partial charge in [-0.1, -0.05) is 29.3 Å². The third kappa shape index (κ3) is 3.44. The van der Waals surface area contributed by atoms with E-state index in [1.807, 2.05) is 6.92 Å². The molecule has 0 fully saturated rings. The van der Waals surface area contributed by atoms with E-state index in [1.165, 1.54) is 6.07 Å². The number of nitrogens with one attached hydrogen (secondary N) is 1. The van der Waals surface area contributed by atoms with Crippen molar-refractivity contribution in [2.75, 3.05) is 4.72 Å². The van der Waals surface area contributed by atoms with E-state index in [-0.39, 0.29) is 4.21 Å². The first kappa shape index (κ1) is 15.1. The molecule has 0 unspecified atom stereocenters. The second-order valence-electron chi connectivity index (χ2n) is 3.78. The lowest BCUT2D eigenvalue weighted by Crippen LogP contribution is -2.11. The largest absolute Gasteiger partial charge is 0.277 e. The molecule has 3 nitrogen and oxygen atoms in total. The van der Waals surface area contributed by atoms with Gasteiger partial charge in [0, 0.05) is 0 Å². The Labute approximate surface area is 133 Å². The predicted molar refractivity (Wildman–Crippen MR) is 84.0 cm³/mol. The number of rotatable bonds is 3. The molecule has 2 rings (SSSR count). The fraction of sp³-hybridized carbons (Fsp3) is 0.0909. The van der Waals surface area contributed by atoms with Gasteiger partial charge in [-0.25, -0.2) is 8.42 Å². The second kappa shape index (κ2) is 5.61. The third-order valence-electron chi connectivity index (χ3n) is 2.25. The molecule has 8 heteroatoms. The van der Waals surface area contributed by atoms with Gasteiger partial charge in [-0.05, 0) is 46.6 Å². The topological polar surface area (TPSA) is 46.2 Å². The summed E-state index contributed by atoms with van der Waals surface area (Å²) in [7, 11) is -3.68. The number of aryl methyl sites for hydroxylation is 1. The smallest absolute Gasteiger partial charge is 0.271 e. The number of halogens is 3. The van der Waals surface area contributed by atoms with Crippen LogP contribution in [0.25, 0.3) is 0 Å². The molecule has 1 N–H and O–H groups in total. The normalized spacial score (nSPS) is 11.6. The van der Waals surface area contributed by atoms with Crippen LogP contribution in [0.4, 0.5) is 5.69 Å². The molecular weight excluding hydrogens is 393 g/mol. The first-order valence-corrected chi connectivity index (χ1v) is 8.88. The molecule has 0 spiro atoms. The standard InChI is InChI=1S/C11H8BrCl2NO2S2/c1-6-2-3-7(13)9(4-6)15-19(16,17)10-5-8(14)11(12)18-10/h2-5,15H,1H3. The Balaban J connectivity index is 2.39. The van der Waals surface area contributed by atoms with E-state index in [2.05, 4.69) is 20.7 Å². The summed E-state index contributed by atoms with van der Waals surface area (Å²) in [5.41, 5.74) is 1.26. The number of hydrogen-bond acceptors (Lipinski definition) is 3. The van der Waals surface area contributed by atoms with Gasteiger partial charge in [-0.3, -0.25) is 4.72 Å². The van der Waals surface area contributed by atoms with Gasteiger partial charge >= 0.3 is 0 Å². The van der Waals surface area contributed by atoms with Crippen molar-refractivity contribution in [3.05, 3.63) is 43.7 Å². The van der Waals surface area contributed by atoms with Crippen molar-refractivity contribution in [3.63, 3.8) is 0 Å². The van der Waals surface area contributed by atoms with Crippen molar-refractivity contribution in [2.24, 2.45) is 0 Å². The van der Waals surface area contributed by atoms with Crippen molar-refractivity contribution in [3.8, 4) is 0 Å². The van der Waals surface area contributed by atoms with Gasteiger partial charge < -0.3 is 0 Å². The molecule has 0 radical (unpaired) electrons. The Bertz CT molecular complexity index is 709. The molecule has 0 aliphatic carbocycles. The Morgan fingerprint density at radius 1 is 1.21 bits per heavy atom. The molecule has 102 valence electrons. The summed E-state index contributed by atoms with van der Waals surface area (Å²) < 4.78 is 27.5. The number of thiophene rings is 1. The highest BCUT2D eigenvalue weighted by molar-refractivity contribution is 9.11.